The van der Waals surface area contributed by atoms with Crippen LogP contribution in [-0.2, 0) is 0 Å². The molecular formula is C15H18N2. The maximum atomic E-state index is 4.28. The molecule has 0 spiro atoms. The molecule has 88 valence electrons. The highest BCUT2D eigenvalue weighted by Gasteiger charge is 2.04. The summed E-state index contributed by atoms with van der Waals surface area (Å²) in [5.74, 6) is 0. The molecule has 0 aliphatic heterocycles. The van der Waals surface area contributed by atoms with E-state index in [9.17, 15) is 0 Å². The molecule has 1 heterocycles. The lowest BCUT2D eigenvalue weighted by Gasteiger charge is -2.15. The van der Waals surface area contributed by atoms with E-state index in [1.165, 1.54) is 11.1 Å². The summed E-state index contributed by atoms with van der Waals surface area (Å²) in [5, 5.41) is 3.44. The molecule has 2 rings (SSSR count). The van der Waals surface area contributed by atoms with Gasteiger partial charge >= 0.3 is 0 Å². The van der Waals surface area contributed by atoms with Gasteiger partial charge in [0, 0.05) is 11.7 Å². The first kappa shape index (κ1) is 11.6. The Morgan fingerprint density at radius 3 is 2.29 bits per heavy atom. The molecule has 2 aromatic rings. The van der Waals surface area contributed by atoms with Gasteiger partial charge in [-0.3, -0.25) is 4.98 Å². The molecule has 1 N–H and O–H groups in total. The Balaban J connectivity index is 2.08. The third-order valence-electron chi connectivity index (χ3n) is 2.87. The minimum Gasteiger partial charge on any atom is -0.377 e. The number of hydrogen-bond donors (Lipinski definition) is 1. The molecule has 2 nitrogen and oxygen atoms in total. The van der Waals surface area contributed by atoms with E-state index in [-0.39, 0.29) is 0 Å². The van der Waals surface area contributed by atoms with Crippen molar-refractivity contribution in [2.24, 2.45) is 0 Å². The van der Waals surface area contributed by atoms with Gasteiger partial charge in [0.15, 0.2) is 0 Å². The normalized spacial score (nSPS) is 12.2. The van der Waals surface area contributed by atoms with Crippen LogP contribution in [0.15, 0.2) is 42.6 Å². The Morgan fingerprint density at radius 2 is 1.71 bits per heavy atom. The molecule has 1 aromatic carbocycles. The SMILES string of the molecule is Cc1ccc(C(C)Nc2ccc(C)nc2)cc1. The monoisotopic (exact) mass is 226 g/mol. The molecule has 0 aliphatic rings. The van der Waals surface area contributed by atoms with E-state index in [0.29, 0.717) is 6.04 Å². The third kappa shape index (κ3) is 3.06. The highest BCUT2D eigenvalue weighted by molar-refractivity contribution is 5.43. The molecule has 1 unspecified atom stereocenters. The van der Waals surface area contributed by atoms with Crippen LogP contribution in [0.25, 0.3) is 0 Å². The number of aromatic nitrogens is 1. The van der Waals surface area contributed by atoms with Crippen molar-refractivity contribution in [3.63, 3.8) is 0 Å². The minimum atomic E-state index is 0.292. The predicted octanol–water partition coefficient (Wildman–Crippen LogP) is 3.87. The highest BCUT2D eigenvalue weighted by atomic mass is 14.9. The van der Waals surface area contributed by atoms with Crippen molar-refractivity contribution in [3.8, 4) is 0 Å². The quantitative estimate of drug-likeness (QED) is 0.859. The van der Waals surface area contributed by atoms with E-state index in [1.54, 1.807) is 0 Å². The summed E-state index contributed by atoms with van der Waals surface area (Å²) < 4.78 is 0. The molecule has 0 fully saturated rings. The smallest absolute Gasteiger partial charge is 0.0531 e. The molecule has 0 bridgehead atoms. The number of rotatable bonds is 3. The molecular weight excluding hydrogens is 208 g/mol. The van der Waals surface area contributed by atoms with Crippen molar-refractivity contribution in [3.05, 3.63) is 59.4 Å². The van der Waals surface area contributed by atoms with Crippen LogP contribution >= 0.6 is 0 Å². The summed E-state index contributed by atoms with van der Waals surface area (Å²) in [7, 11) is 0. The van der Waals surface area contributed by atoms with E-state index in [4.69, 9.17) is 0 Å². The van der Waals surface area contributed by atoms with Gasteiger partial charge in [-0.1, -0.05) is 29.8 Å². The minimum absolute atomic E-state index is 0.292. The first-order chi connectivity index (χ1) is 8.15. The fourth-order valence-electron chi connectivity index (χ4n) is 1.74. The number of nitrogens with one attached hydrogen (secondary N) is 1. The number of nitrogens with zero attached hydrogens (tertiary/aromatic N) is 1. The van der Waals surface area contributed by atoms with Crippen LogP contribution in [-0.4, -0.2) is 4.98 Å². The number of benzene rings is 1. The van der Waals surface area contributed by atoms with E-state index in [2.05, 4.69) is 54.5 Å². The second-order valence-corrected chi connectivity index (χ2v) is 4.46. The van der Waals surface area contributed by atoms with Crippen molar-refractivity contribution in [1.82, 2.24) is 4.98 Å². The molecule has 17 heavy (non-hydrogen) atoms. The van der Waals surface area contributed by atoms with E-state index >= 15 is 0 Å². The lowest BCUT2D eigenvalue weighted by molar-refractivity contribution is 0.881. The van der Waals surface area contributed by atoms with E-state index < -0.39 is 0 Å². The van der Waals surface area contributed by atoms with Crippen molar-refractivity contribution >= 4 is 5.69 Å². The summed E-state index contributed by atoms with van der Waals surface area (Å²) in [4.78, 5) is 4.28. The Morgan fingerprint density at radius 1 is 1.00 bits per heavy atom. The Labute approximate surface area is 103 Å². The van der Waals surface area contributed by atoms with Crippen molar-refractivity contribution in [2.75, 3.05) is 5.32 Å². The Hall–Kier alpha value is -1.83. The molecule has 0 radical (unpaired) electrons. The van der Waals surface area contributed by atoms with Gasteiger partial charge in [-0.15, -0.1) is 0 Å². The standard InChI is InChI=1S/C15H18N2/c1-11-4-7-14(8-5-11)13(3)17-15-9-6-12(2)16-10-15/h4-10,13,17H,1-3H3. The first-order valence-corrected chi connectivity index (χ1v) is 5.91. The van der Waals surface area contributed by atoms with Gasteiger partial charge in [-0.2, -0.15) is 0 Å². The zero-order valence-corrected chi connectivity index (χ0v) is 10.6. The number of hydrogen-bond acceptors (Lipinski definition) is 2. The van der Waals surface area contributed by atoms with Crippen LogP contribution in [0.3, 0.4) is 0 Å². The largest absolute Gasteiger partial charge is 0.377 e. The summed E-state index contributed by atoms with van der Waals surface area (Å²) in [6.45, 7) is 6.25. The zero-order chi connectivity index (χ0) is 12.3. The van der Waals surface area contributed by atoms with Crippen molar-refractivity contribution in [2.45, 2.75) is 26.8 Å². The van der Waals surface area contributed by atoms with Crippen molar-refractivity contribution in [1.29, 1.82) is 0 Å². The molecule has 0 saturated heterocycles. The fraction of sp³-hybridized carbons (Fsp3) is 0.267. The summed E-state index contributed by atoms with van der Waals surface area (Å²) >= 11 is 0. The second kappa shape index (κ2) is 5.00. The number of anilines is 1. The molecule has 0 amide bonds. The fourth-order valence-corrected chi connectivity index (χ4v) is 1.74. The topological polar surface area (TPSA) is 24.9 Å². The van der Waals surface area contributed by atoms with Gasteiger partial charge in [0.2, 0.25) is 0 Å². The lowest BCUT2D eigenvalue weighted by Crippen LogP contribution is -2.06. The third-order valence-corrected chi connectivity index (χ3v) is 2.87. The number of aryl methyl sites for hydroxylation is 2. The average Bonchev–Trinajstić information content (AvgIpc) is 2.33. The summed E-state index contributed by atoms with van der Waals surface area (Å²) in [5.41, 5.74) is 4.68. The van der Waals surface area contributed by atoms with Crippen LogP contribution in [0.5, 0.6) is 0 Å². The summed E-state index contributed by atoms with van der Waals surface area (Å²) in [6, 6.07) is 13.0. The van der Waals surface area contributed by atoms with Gasteiger partial charge in [-0.25, -0.2) is 0 Å². The Bertz CT molecular complexity index is 471. The van der Waals surface area contributed by atoms with Crippen LogP contribution in [0.1, 0.15) is 29.8 Å². The van der Waals surface area contributed by atoms with E-state index in [1.807, 2.05) is 19.2 Å². The molecule has 0 aliphatic carbocycles. The molecule has 1 aromatic heterocycles. The van der Waals surface area contributed by atoms with Crippen LogP contribution in [0.4, 0.5) is 5.69 Å². The molecule has 1 atom stereocenters. The maximum absolute atomic E-state index is 4.28. The van der Waals surface area contributed by atoms with Gasteiger partial charge in [0.05, 0.1) is 11.9 Å². The first-order valence-electron chi connectivity index (χ1n) is 5.91. The lowest BCUT2D eigenvalue weighted by atomic mass is 10.1. The predicted molar refractivity (Wildman–Crippen MR) is 72.2 cm³/mol. The van der Waals surface area contributed by atoms with Gasteiger partial charge in [0.25, 0.3) is 0 Å². The van der Waals surface area contributed by atoms with Crippen molar-refractivity contribution < 1.29 is 0 Å². The van der Waals surface area contributed by atoms with Gasteiger partial charge in [0.1, 0.15) is 0 Å². The molecule has 0 saturated carbocycles. The second-order valence-electron chi connectivity index (χ2n) is 4.46. The average molecular weight is 226 g/mol. The van der Waals surface area contributed by atoms with Gasteiger partial charge in [-0.05, 0) is 38.5 Å². The maximum Gasteiger partial charge on any atom is 0.0531 e. The number of pyridine rings is 1. The van der Waals surface area contributed by atoms with Crippen LogP contribution in [0, 0.1) is 13.8 Å². The van der Waals surface area contributed by atoms with Crippen LogP contribution in [0.2, 0.25) is 0 Å². The van der Waals surface area contributed by atoms with Crippen LogP contribution < -0.4 is 5.32 Å². The van der Waals surface area contributed by atoms with Gasteiger partial charge < -0.3 is 5.32 Å². The Kier molecular flexibility index (Phi) is 3.43. The van der Waals surface area contributed by atoms with E-state index in [0.717, 1.165) is 11.4 Å². The highest BCUT2D eigenvalue weighted by Crippen LogP contribution is 2.18. The zero-order valence-electron chi connectivity index (χ0n) is 10.6. The molecule has 2 heteroatoms. The summed E-state index contributed by atoms with van der Waals surface area (Å²) in [6.07, 6.45) is 1.88.